The summed E-state index contributed by atoms with van der Waals surface area (Å²) in [5.41, 5.74) is 2.15. The first kappa shape index (κ1) is 52.2. The summed E-state index contributed by atoms with van der Waals surface area (Å²) in [5, 5.41) is 1.37. The van der Waals surface area contributed by atoms with Crippen molar-refractivity contribution in [2.24, 2.45) is 0 Å². The molecule has 1 aliphatic carbocycles. The van der Waals surface area contributed by atoms with Crippen LogP contribution in [0.15, 0.2) is 69.6 Å². The highest BCUT2D eigenvalue weighted by Gasteiger charge is 2.44. The summed E-state index contributed by atoms with van der Waals surface area (Å²) < 4.78 is 98.7. The molecule has 3 heterocycles. The number of anilines is 1. The zero-order valence-electron chi connectivity index (χ0n) is 38.4. The first-order valence-corrected chi connectivity index (χ1v) is 24.8. The molecule has 0 bridgehead atoms. The Labute approximate surface area is 386 Å². The summed E-state index contributed by atoms with van der Waals surface area (Å²) in [5.74, 6) is -1.45. The minimum absolute atomic E-state index is 0.00740. The molecule has 0 radical (unpaired) electrons. The first-order valence-electron chi connectivity index (χ1n) is 21.8. The Balaban J connectivity index is 1.57. The summed E-state index contributed by atoms with van der Waals surface area (Å²) in [6, 6.07) is 12.1. The third-order valence-electron chi connectivity index (χ3n) is 11.4. The minimum atomic E-state index is -4.66. The number of allylic oxidation sites excluding steroid dienone is 3. The van der Waals surface area contributed by atoms with Crippen molar-refractivity contribution in [3.05, 3.63) is 82.6 Å². The maximum atomic E-state index is 12.9. The molecule has 0 saturated carbocycles. The number of fused-ring (bicyclic) bond motifs is 2. The second-order valence-electron chi connectivity index (χ2n) is 17.3. The molecule has 1 aromatic carbocycles. The van der Waals surface area contributed by atoms with Crippen LogP contribution in [0.4, 0.5) is 5.69 Å². The van der Waals surface area contributed by atoms with Crippen LogP contribution in [-0.2, 0) is 69.2 Å². The number of benzene rings is 2. The predicted octanol–water partition coefficient (Wildman–Crippen LogP) is 4.76. The average Bonchev–Trinajstić information content (AvgIpc) is 3.68. The molecule has 3 aliphatic heterocycles. The monoisotopic (exact) mass is 960 g/mol. The lowest BCUT2D eigenvalue weighted by molar-refractivity contribution is -0.197. The van der Waals surface area contributed by atoms with Gasteiger partial charge in [0.25, 0.3) is 32.1 Å². The molecule has 1 atom stereocenters. The zero-order valence-corrected chi connectivity index (χ0v) is 40.1. The highest BCUT2D eigenvalue weighted by atomic mass is 32.2. The maximum Gasteiger partial charge on any atom is 0.333 e. The van der Waals surface area contributed by atoms with E-state index >= 15 is 0 Å². The fraction of sp³-hybridized carbons (Fsp3) is 0.522. The van der Waals surface area contributed by atoms with Crippen molar-refractivity contribution >= 4 is 49.8 Å². The van der Waals surface area contributed by atoms with Crippen molar-refractivity contribution in [1.82, 2.24) is 9.64 Å². The molecule has 18 nitrogen and oxygen atoms in total. The van der Waals surface area contributed by atoms with Gasteiger partial charge < -0.3 is 33.1 Å². The Morgan fingerprint density at radius 2 is 1.53 bits per heavy atom. The lowest BCUT2D eigenvalue weighted by Crippen LogP contribution is -2.36. The predicted molar refractivity (Wildman–Crippen MR) is 245 cm³/mol. The number of hydroxylamine groups is 2. The van der Waals surface area contributed by atoms with Gasteiger partial charge in [0.05, 0.1) is 43.1 Å². The number of imide groups is 1. The SMILES string of the molecule is COCCOCC[N+](CCOCCOC)=c1ccc2c(C(C)(C)C)cc(/C=C/C=C3/N(CCCS(=O)(=O)O)c4ccc(S(=O)(=O)O)cc4C3(C)CCCC(=O)ON3C(=O)CCC3=O)oc-2c1. The molecule has 66 heavy (non-hydrogen) atoms. The fourth-order valence-electron chi connectivity index (χ4n) is 8.03. The number of carbonyl (C=O) groups is 3. The largest absolute Gasteiger partial charge is 0.456 e. The van der Waals surface area contributed by atoms with Crippen LogP contribution in [0.2, 0.25) is 0 Å². The number of carbonyl (C=O) groups excluding carboxylic acids is 3. The number of nitrogens with zero attached hydrogens (tertiary/aromatic N) is 3. The van der Waals surface area contributed by atoms with Crippen LogP contribution >= 0.6 is 0 Å². The Bertz CT molecular complexity index is 2510. The quantitative estimate of drug-likeness (QED) is 0.0534. The van der Waals surface area contributed by atoms with Crippen molar-refractivity contribution in [3.63, 3.8) is 0 Å². The maximum absolute atomic E-state index is 12.9. The van der Waals surface area contributed by atoms with Gasteiger partial charge in [-0.15, -0.1) is 5.06 Å². The van der Waals surface area contributed by atoms with Gasteiger partial charge >= 0.3 is 5.97 Å². The van der Waals surface area contributed by atoms with Crippen molar-refractivity contribution in [2.75, 3.05) is 84.1 Å². The molecule has 1 saturated heterocycles. The third kappa shape index (κ3) is 13.9. The van der Waals surface area contributed by atoms with E-state index in [1.807, 2.05) is 36.1 Å². The van der Waals surface area contributed by atoms with Gasteiger partial charge in [0.15, 0.2) is 13.1 Å². The molecule has 1 fully saturated rings. The van der Waals surface area contributed by atoms with Crippen molar-refractivity contribution in [3.8, 4) is 11.3 Å². The standard InChI is InChI=1S/C46H61N3O15S2/c1-45(2,3)37-31-34(63-40-30-33(13-15-36(37)40)47(21-23-61-27-25-59-5)22-24-62-28-26-60-6)10-7-11-41-46(4,19-8-12-44(52)64-49-42(50)17-18-43(49)51)38-32-35(66(56,57)58)14-16-39(38)48(41)20-9-29-65(53,54)55/h7,10-11,13-16,30-32H,8-9,12,17-29H2,1-6H3,(H-,53,54,55,56,57,58)/p+1. The Kier molecular flexibility index (Phi) is 18.0. The lowest BCUT2D eigenvalue weighted by Gasteiger charge is -2.30. The van der Waals surface area contributed by atoms with Crippen LogP contribution in [0.3, 0.4) is 0 Å². The number of methoxy groups -OCH3 is 2. The molecule has 4 aliphatic rings. The van der Waals surface area contributed by atoms with Gasteiger partial charge in [0.1, 0.15) is 24.7 Å². The van der Waals surface area contributed by atoms with Crippen LogP contribution in [0, 0.1) is 0 Å². The lowest BCUT2D eigenvalue weighted by atomic mass is 9.77. The van der Waals surface area contributed by atoms with Crippen molar-refractivity contribution in [1.29, 1.82) is 0 Å². The molecule has 1 aromatic rings. The summed E-state index contributed by atoms with van der Waals surface area (Å²) in [6.45, 7) is 12.2. The van der Waals surface area contributed by atoms with E-state index in [2.05, 4.69) is 25.3 Å². The van der Waals surface area contributed by atoms with Gasteiger partial charge in [-0.1, -0.05) is 26.8 Å². The second-order valence-corrected chi connectivity index (χ2v) is 20.3. The third-order valence-corrected chi connectivity index (χ3v) is 13.0. The first-order chi connectivity index (χ1) is 31.2. The van der Waals surface area contributed by atoms with E-state index in [0.717, 1.165) is 16.5 Å². The summed E-state index contributed by atoms with van der Waals surface area (Å²) >= 11 is 0. The van der Waals surface area contributed by atoms with Gasteiger partial charge in [-0.05, 0) is 85.2 Å². The van der Waals surface area contributed by atoms with Crippen LogP contribution in [0.25, 0.3) is 17.4 Å². The molecule has 0 aromatic heterocycles. The highest BCUT2D eigenvalue weighted by molar-refractivity contribution is 7.86. The average molecular weight is 961 g/mol. The number of amides is 2. The van der Waals surface area contributed by atoms with E-state index in [9.17, 15) is 40.3 Å². The molecule has 2 amide bonds. The second kappa shape index (κ2) is 22.8. The number of rotatable bonds is 24. The van der Waals surface area contributed by atoms with E-state index in [1.54, 1.807) is 32.4 Å². The minimum Gasteiger partial charge on any atom is -0.456 e. The summed E-state index contributed by atoms with van der Waals surface area (Å²) in [7, 11) is -5.75. The van der Waals surface area contributed by atoms with Crippen LogP contribution < -0.4 is 14.8 Å². The van der Waals surface area contributed by atoms with Crippen molar-refractivity contribution in [2.45, 2.75) is 81.9 Å². The molecular formula is C46H62N3O15S2+. The van der Waals surface area contributed by atoms with Crippen molar-refractivity contribution < 1.29 is 68.5 Å². The number of hydrogen-bond donors (Lipinski definition) is 2. The molecule has 2 N–H and O–H groups in total. The molecular weight excluding hydrogens is 899 g/mol. The van der Waals surface area contributed by atoms with Gasteiger partial charge in [-0.3, -0.25) is 18.7 Å². The van der Waals surface area contributed by atoms with Gasteiger partial charge in [-0.25, -0.2) is 9.37 Å². The number of ether oxygens (including phenoxy) is 4. The molecule has 0 spiro atoms. The fourth-order valence-corrected chi connectivity index (χ4v) is 9.03. The topological polar surface area (TPSA) is 229 Å². The molecule has 362 valence electrons. The molecule has 5 rings (SSSR count). The Hall–Kier alpha value is -4.80. The van der Waals surface area contributed by atoms with E-state index < -0.39 is 49.2 Å². The summed E-state index contributed by atoms with van der Waals surface area (Å²) in [4.78, 5) is 43.6. The number of hydrogen-bond acceptors (Lipinski definition) is 14. The Morgan fingerprint density at radius 1 is 0.879 bits per heavy atom. The van der Waals surface area contributed by atoms with Crippen LogP contribution in [-0.4, -0.2) is 128 Å². The smallest absolute Gasteiger partial charge is 0.333 e. The van der Waals surface area contributed by atoms with E-state index in [1.165, 1.54) is 18.2 Å². The normalized spacial score (nSPS) is 17.5. The van der Waals surface area contributed by atoms with Gasteiger partial charge in [-0.2, -0.15) is 16.8 Å². The van der Waals surface area contributed by atoms with E-state index in [4.69, 9.17) is 28.2 Å². The summed E-state index contributed by atoms with van der Waals surface area (Å²) in [6.07, 6.45) is 5.34. The van der Waals surface area contributed by atoms with Crippen LogP contribution in [0.5, 0.6) is 0 Å². The van der Waals surface area contributed by atoms with E-state index in [-0.39, 0.29) is 55.4 Å². The van der Waals surface area contributed by atoms with Gasteiger partial charge in [0.2, 0.25) is 5.36 Å². The van der Waals surface area contributed by atoms with Crippen LogP contribution in [0.1, 0.15) is 83.1 Å². The highest BCUT2D eigenvalue weighted by Crippen LogP contribution is 2.51. The van der Waals surface area contributed by atoms with E-state index in [0.29, 0.717) is 86.3 Å². The van der Waals surface area contributed by atoms with Gasteiger partial charge in [0, 0.05) is 68.5 Å². The zero-order chi connectivity index (χ0) is 48.3. The molecule has 1 unspecified atom stereocenters. The Morgan fingerprint density at radius 3 is 2.12 bits per heavy atom. The molecule has 20 heteroatoms.